The summed E-state index contributed by atoms with van der Waals surface area (Å²) >= 11 is 1.66. The zero-order chi connectivity index (χ0) is 11.5. The van der Waals surface area contributed by atoms with E-state index in [-0.39, 0.29) is 6.61 Å². The Morgan fingerprint density at radius 1 is 1.50 bits per heavy atom. The number of thiophene rings is 1. The van der Waals surface area contributed by atoms with E-state index in [2.05, 4.69) is 0 Å². The number of carbonyl (C=O) groups is 1. The first-order valence-electron chi connectivity index (χ1n) is 5.37. The molecule has 2 N–H and O–H groups in total. The van der Waals surface area contributed by atoms with Crippen LogP contribution in [0.15, 0.2) is 11.4 Å². The highest BCUT2D eigenvalue weighted by molar-refractivity contribution is 7.10. The third-order valence-electron chi connectivity index (χ3n) is 3.09. The van der Waals surface area contributed by atoms with E-state index in [0.717, 1.165) is 18.4 Å². The van der Waals surface area contributed by atoms with Gasteiger partial charge in [0.05, 0.1) is 6.61 Å². The van der Waals surface area contributed by atoms with Crippen molar-refractivity contribution in [2.45, 2.75) is 25.4 Å². The number of likely N-dealkylation sites (tertiary alicyclic amines) is 1. The molecule has 1 aliphatic rings. The first-order valence-corrected chi connectivity index (χ1v) is 6.25. The Balaban J connectivity index is 2.01. The minimum absolute atomic E-state index is 0.0813. The molecule has 0 spiro atoms. The zero-order valence-electron chi connectivity index (χ0n) is 8.93. The van der Waals surface area contributed by atoms with Gasteiger partial charge in [-0.05, 0) is 35.8 Å². The molecule has 1 aromatic heterocycles. The molecule has 0 aromatic carbocycles. The molecular weight excluding hydrogens is 226 g/mol. The number of rotatable bonds is 2. The summed E-state index contributed by atoms with van der Waals surface area (Å²) in [7, 11) is 0. The number of hydrogen-bond donors (Lipinski definition) is 2. The fraction of sp³-hybridized carbons (Fsp3) is 0.545. The van der Waals surface area contributed by atoms with Gasteiger partial charge in [-0.1, -0.05) is 0 Å². The topological polar surface area (TPSA) is 60.8 Å². The Labute approximate surface area is 98.1 Å². The second kappa shape index (κ2) is 4.84. The average molecular weight is 241 g/mol. The summed E-state index contributed by atoms with van der Waals surface area (Å²) in [6.45, 7) is 1.28. The smallest absolute Gasteiger partial charge is 0.407 e. The molecule has 0 radical (unpaired) electrons. The van der Waals surface area contributed by atoms with Gasteiger partial charge in [-0.2, -0.15) is 0 Å². The standard InChI is InChI=1S/C11H15NO3S/c13-7-9-3-6-16-10(9)8-1-4-12(5-2-8)11(14)15/h3,6,8,13H,1-2,4-5,7H2,(H,14,15). The van der Waals surface area contributed by atoms with E-state index in [1.54, 1.807) is 11.3 Å². The lowest BCUT2D eigenvalue weighted by molar-refractivity contribution is 0.132. The Bertz CT molecular complexity index is 369. The second-order valence-electron chi connectivity index (χ2n) is 4.01. The normalized spacial score (nSPS) is 17.7. The van der Waals surface area contributed by atoms with E-state index in [9.17, 15) is 9.90 Å². The lowest BCUT2D eigenvalue weighted by Crippen LogP contribution is -2.36. The molecule has 4 nitrogen and oxygen atoms in total. The van der Waals surface area contributed by atoms with Crippen molar-refractivity contribution in [3.8, 4) is 0 Å². The minimum atomic E-state index is -0.827. The van der Waals surface area contributed by atoms with Crippen molar-refractivity contribution < 1.29 is 15.0 Å². The van der Waals surface area contributed by atoms with Gasteiger partial charge in [-0.15, -0.1) is 11.3 Å². The molecule has 0 saturated carbocycles. The summed E-state index contributed by atoms with van der Waals surface area (Å²) in [6.07, 6.45) is 0.895. The molecule has 0 unspecified atom stereocenters. The summed E-state index contributed by atoms with van der Waals surface area (Å²) in [5.74, 6) is 0.415. The molecule has 1 aliphatic heterocycles. The summed E-state index contributed by atoms with van der Waals surface area (Å²) in [6, 6.07) is 1.95. The van der Waals surface area contributed by atoms with E-state index < -0.39 is 6.09 Å². The van der Waals surface area contributed by atoms with Crippen molar-refractivity contribution in [1.82, 2.24) is 4.90 Å². The first-order chi connectivity index (χ1) is 7.72. The van der Waals surface area contributed by atoms with Crippen LogP contribution < -0.4 is 0 Å². The molecule has 2 rings (SSSR count). The monoisotopic (exact) mass is 241 g/mol. The molecule has 0 atom stereocenters. The van der Waals surface area contributed by atoms with Crippen molar-refractivity contribution in [1.29, 1.82) is 0 Å². The number of nitrogens with zero attached hydrogens (tertiary/aromatic N) is 1. The number of carboxylic acid groups (broad SMARTS) is 1. The zero-order valence-corrected chi connectivity index (χ0v) is 9.74. The van der Waals surface area contributed by atoms with E-state index >= 15 is 0 Å². The molecule has 2 heterocycles. The summed E-state index contributed by atoms with van der Waals surface area (Å²) < 4.78 is 0. The van der Waals surface area contributed by atoms with Crippen LogP contribution in [0.5, 0.6) is 0 Å². The fourth-order valence-corrected chi connectivity index (χ4v) is 3.26. The van der Waals surface area contributed by atoms with Crippen LogP contribution in [-0.2, 0) is 6.61 Å². The lowest BCUT2D eigenvalue weighted by Gasteiger charge is -2.29. The molecular formula is C11H15NO3S. The average Bonchev–Trinajstić information content (AvgIpc) is 2.77. The van der Waals surface area contributed by atoms with Crippen LogP contribution in [0, 0.1) is 0 Å². The predicted octanol–water partition coefficient (Wildman–Crippen LogP) is 2.10. The molecule has 0 aliphatic carbocycles. The maximum Gasteiger partial charge on any atom is 0.407 e. The van der Waals surface area contributed by atoms with Crippen LogP contribution in [0.3, 0.4) is 0 Å². The Hall–Kier alpha value is -1.07. The summed E-state index contributed by atoms with van der Waals surface area (Å²) in [5, 5.41) is 20.0. The molecule has 5 heteroatoms. The molecule has 0 bridgehead atoms. The van der Waals surface area contributed by atoms with Gasteiger partial charge in [-0.3, -0.25) is 0 Å². The highest BCUT2D eigenvalue weighted by Crippen LogP contribution is 2.34. The number of hydrogen-bond acceptors (Lipinski definition) is 3. The van der Waals surface area contributed by atoms with E-state index in [1.165, 1.54) is 9.78 Å². The molecule has 1 aromatic rings. The predicted molar refractivity (Wildman–Crippen MR) is 61.8 cm³/mol. The maximum atomic E-state index is 10.8. The highest BCUT2D eigenvalue weighted by Gasteiger charge is 2.25. The van der Waals surface area contributed by atoms with Gasteiger partial charge in [0.2, 0.25) is 0 Å². The van der Waals surface area contributed by atoms with Gasteiger partial charge >= 0.3 is 6.09 Å². The van der Waals surface area contributed by atoms with Gasteiger partial charge in [-0.25, -0.2) is 4.79 Å². The van der Waals surface area contributed by atoms with Gasteiger partial charge in [0, 0.05) is 18.0 Å². The molecule has 1 fully saturated rings. The van der Waals surface area contributed by atoms with Crippen molar-refractivity contribution in [2.75, 3.05) is 13.1 Å². The summed E-state index contributed by atoms with van der Waals surface area (Å²) in [4.78, 5) is 13.4. The SMILES string of the molecule is O=C(O)N1CCC(c2sccc2CO)CC1. The number of piperidine rings is 1. The van der Waals surface area contributed by atoms with E-state index in [0.29, 0.717) is 19.0 Å². The molecule has 88 valence electrons. The van der Waals surface area contributed by atoms with Crippen molar-refractivity contribution in [3.63, 3.8) is 0 Å². The van der Waals surface area contributed by atoms with Gasteiger partial charge < -0.3 is 15.1 Å². The molecule has 1 amide bonds. The third-order valence-corrected chi connectivity index (χ3v) is 4.21. The van der Waals surface area contributed by atoms with Gasteiger partial charge in [0.25, 0.3) is 0 Å². The van der Waals surface area contributed by atoms with Crippen LogP contribution in [-0.4, -0.2) is 34.3 Å². The van der Waals surface area contributed by atoms with E-state index in [4.69, 9.17) is 5.11 Å². The Kier molecular flexibility index (Phi) is 3.46. The van der Waals surface area contributed by atoms with E-state index in [1.807, 2.05) is 11.4 Å². The third kappa shape index (κ3) is 2.20. The van der Waals surface area contributed by atoms with Crippen LogP contribution in [0.2, 0.25) is 0 Å². The van der Waals surface area contributed by atoms with Crippen LogP contribution in [0.25, 0.3) is 0 Å². The van der Waals surface area contributed by atoms with Gasteiger partial charge in [0.15, 0.2) is 0 Å². The first kappa shape index (κ1) is 11.4. The summed E-state index contributed by atoms with van der Waals surface area (Å²) in [5.41, 5.74) is 0.999. The van der Waals surface area contributed by atoms with Gasteiger partial charge in [0.1, 0.15) is 0 Å². The Morgan fingerprint density at radius 3 is 2.75 bits per heavy atom. The van der Waals surface area contributed by atoms with Crippen molar-refractivity contribution >= 4 is 17.4 Å². The fourth-order valence-electron chi connectivity index (χ4n) is 2.17. The van der Waals surface area contributed by atoms with Crippen molar-refractivity contribution in [3.05, 3.63) is 21.9 Å². The minimum Gasteiger partial charge on any atom is -0.465 e. The molecule has 1 saturated heterocycles. The largest absolute Gasteiger partial charge is 0.465 e. The maximum absolute atomic E-state index is 10.8. The second-order valence-corrected chi connectivity index (χ2v) is 4.96. The number of aliphatic hydroxyl groups is 1. The van der Waals surface area contributed by atoms with Crippen LogP contribution in [0.4, 0.5) is 4.79 Å². The molecule has 16 heavy (non-hydrogen) atoms. The van der Waals surface area contributed by atoms with Crippen LogP contribution in [0.1, 0.15) is 29.2 Å². The highest BCUT2D eigenvalue weighted by atomic mass is 32.1. The Morgan fingerprint density at radius 2 is 2.19 bits per heavy atom. The number of amides is 1. The lowest BCUT2D eigenvalue weighted by atomic mass is 9.93. The van der Waals surface area contributed by atoms with Crippen LogP contribution >= 0.6 is 11.3 Å². The quantitative estimate of drug-likeness (QED) is 0.833. The number of aliphatic hydroxyl groups excluding tert-OH is 1. The van der Waals surface area contributed by atoms with Crippen molar-refractivity contribution in [2.24, 2.45) is 0 Å².